The highest BCUT2D eigenvalue weighted by molar-refractivity contribution is 7.99. The molecule has 1 N–H and O–H groups in total. The van der Waals surface area contributed by atoms with E-state index in [1.54, 1.807) is 6.07 Å². The second-order valence-electron chi connectivity index (χ2n) is 4.73. The lowest BCUT2D eigenvalue weighted by molar-refractivity contribution is 0.409. The molecule has 1 aromatic rings. The van der Waals surface area contributed by atoms with Gasteiger partial charge < -0.3 is 5.32 Å². The molecule has 3 atom stereocenters. The van der Waals surface area contributed by atoms with Gasteiger partial charge in [0.05, 0.1) is 0 Å². The monoisotopic (exact) mass is 253 g/mol. The van der Waals surface area contributed by atoms with Gasteiger partial charge in [-0.2, -0.15) is 11.8 Å². The first kappa shape index (κ1) is 12.9. The lowest BCUT2D eigenvalue weighted by Crippen LogP contribution is -2.40. The number of halogens is 1. The van der Waals surface area contributed by atoms with Gasteiger partial charge in [0, 0.05) is 22.9 Å². The summed E-state index contributed by atoms with van der Waals surface area (Å²) in [5, 5.41) is 4.19. The first-order valence-corrected chi connectivity index (χ1v) is 7.35. The highest BCUT2D eigenvalue weighted by atomic mass is 32.2. The molecule has 0 radical (unpaired) electrons. The molecule has 94 valence electrons. The van der Waals surface area contributed by atoms with Crippen LogP contribution >= 0.6 is 11.8 Å². The molecule has 1 nitrogen and oxygen atoms in total. The van der Waals surface area contributed by atoms with Crippen molar-refractivity contribution < 1.29 is 4.39 Å². The lowest BCUT2D eigenvalue weighted by Gasteiger charge is -2.32. The molecule has 2 rings (SSSR count). The highest BCUT2D eigenvalue weighted by Gasteiger charge is 2.23. The Labute approximate surface area is 107 Å². The Morgan fingerprint density at radius 2 is 2.18 bits per heavy atom. The average molecular weight is 253 g/mol. The van der Waals surface area contributed by atoms with Gasteiger partial charge in [-0.25, -0.2) is 4.39 Å². The van der Waals surface area contributed by atoms with Gasteiger partial charge in [0.25, 0.3) is 0 Å². The largest absolute Gasteiger partial charge is 0.306 e. The van der Waals surface area contributed by atoms with E-state index in [4.69, 9.17) is 0 Å². The first-order chi connectivity index (χ1) is 8.18. The Kier molecular flexibility index (Phi) is 4.46. The topological polar surface area (TPSA) is 12.0 Å². The molecule has 0 spiro atoms. The number of nitrogens with one attached hydrogen (secondary N) is 1. The zero-order valence-electron chi connectivity index (χ0n) is 10.4. The van der Waals surface area contributed by atoms with E-state index in [1.807, 2.05) is 30.8 Å². The van der Waals surface area contributed by atoms with Crippen molar-refractivity contribution in [2.45, 2.75) is 44.0 Å². The van der Waals surface area contributed by atoms with Crippen LogP contribution in [0.3, 0.4) is 0 Å². The van der Waals surface area contributed by atoms with Crippen molar-refractivity contribution in [3.8, 4) is 0 Å². The summed E-state index contributed by atoms with van der Waals surface area (Å²) in [6.07, 6.45) is 2.46. The quantitative estimate of drug-likeness (QED) is 0.880. The van der Waals surface area contributed by atoms with Crippen LogP contribution in [0.4, 0.5) is 4.39 Å². The van der Waals surface area contributed by atoms with Gasteiger partial charge in [0.15, 0.2) is 0 Å². The third-order valence-electron chi connectivity index (χ3n) is 3.44. The van der Waals surface area contributed by atoms with Crippen LogP contribution in [0.5, 0.6) is 0 Å². The van der Waals surface area contributed by atoms with Crippen LogP contribution in [-0.2, 0) is 0 Å². The molecule has 0 bridgehead atoms. The molecule has 0 aliphatic carbocycles. The molecule has 1 heterocycles. The molecule has 17 heavy (non-hydrogen) atoms. The van der Waals surface area contributed by atoms with E-state index in [9.17, 15) is 4.39 Å². The van der Waals surface area contributed by atoms with Crippen LogP contribution in [0.2, 0.25) is 0 Å². The van der Waals surface area contributed by atoms with E-state index in [0.29, 0.717) is 11.3 Å². The van der Waals surface area contributed by atoms with Crippen LogP contribution in [-0.4, -0.2) is 17.0 Å². The summed E-state index contributed by atoms with van der Waals surface area (Å²) in [6.45, 7) is 4.31. The molecule has 0 aromatic heterocycles. The van der Waals surface area contributed by atoms with Crippen LogP contribution in [0.25, 0.3) is 0 Å². The van der Waals surface area contributed by atoms with Crippen molar-refractivity contribution in [2.75, 3.05) is 5.75 Å². The van der Waals surface area contributed by atoms with Crippen molar-refractivity contribution in [3.05, 3.63) is 35.6 Å². The fraction of sp³-hybridized carbons (Fsp3) is 0.571. The predicted molar refractivity (Wildman–Crippen MR) is 72.9 cm³/mol. The van der Waals surface area contributed by atoms with Crippen molar-refractivity contribution >= 4 is 11.8 Å². The number of hydrogen-bond acceptors (Lipinski definition) is 2. The smallest absolute Gasteiger partial charge is 0.127 e. The van der Waals surface area contributed by atoms with Gasteiger partial charge in [-0.05, 0) is 31.6 Å². The number of hydrogen-bond donors (Lipinski definition) is 1. The average Bonchev–Trinajstić information content (AvgIpc) is 2.32. The number of rotatable bonds is 3. The maximum absolute atomic E-state index is 13.6. The molecular formula is C14H20FNS. The summed E-state index contributed by atoms with van der Waals surface area (Å²) in [5.74, 6) is 1.15. The Morgan fingerprint density at radius 1 is 1.41 bits per heavy atom. The molecule has 3 heteroatoms. The van der Waals surface area contributed by atoms with Crippen LogP contribution in [0.15, 0.2) is 24.3 Å². The summed E-state index contributed by atoms with van der Waals surface area (Å²) in [7, 11) is 0. The summed E-state index contributed by atoms with van der Waals surface area (Å²) in [4.78, 5) is 0. The molecule has 0 saturated carbocycles. The molecule has 1 aromatic carbocycles. The van der Waals surface area contributed by atoms with E-state index in [-0.39, 0.29) is 11.9 Å². The summed E-state index contributed by atoms with van der Waals surface area (Å²) >= 11 is 2.01. The van der Waals surface area contributed by atoms with Crippen molar-refractivity contribution in [1.29, 1.82) is 0 Å². The van der Waals surface area contributed by atoms with E-state index in [2.05, 4.69) is 12.2 Å². The fourth-order valence-electron chi connectivity index (χ4n) is 2.38. The lowest BCUT2D eigenvalue weighted by atomic mass is 10.0. The fourth-order valence-corrected chi connectivity index (χ4v) is 3.53. The highest BCUT2D eigenvalue weighted by Crippen LogP contribution is 2.27. The normalized spacial score (nSPS) is 26.8. The summed E-state index contributed by atoms with van der Waals surface area (Å²) in [6, 6.07) is 7.63. The SMILES string of the molecule is CC(NC1CCCSC1C)c1ccccc1F. The predicted octanol–water partition coefficient (Wildman–Crippen LogP) is 3.76. The van der Waals surface area contributed by atoms with Gasteiger partial charge in [0.2, 0.25) is 0 Å². The van der Waals surface area contributed by atoms with Crippen molar-refractivity contribution in [3.63, 3.8) is 0 Å². The zero-order valence-corrected chi connectivity index (χ0v) is 11.3. The van der Waals surface area contributed by atoms with E-state index < -0.39 is 0 Å². The third kappa shape index (κ3) is 3.23. The van der Waals surface area contributed by atoms with Gasteiger partial charge in [0.1, 0.15) is 5.82 Å². The van der Waals surface area contributed by atoms with Gasteiger partial charge >= 0.3 is 0 Å². The molecular weight excluding hydrogens is 233 g/mol. The minimum atomic E-state index is -0.108. The maximum atomic E-state index is 13.6. The molecule has 1 aliphatic heterocycles. The van der Waals surface area contributed by atoms with E-state index in [0.717, 1.165) is 5.56 Å². The number of thioether (sulfide) groups is 1. The minimum Gasteiger partial charge on any atom is -0.306 e. The maximum Gasteiger partial charge on any atom is 0.127 e. The Hall–Kier alpha value is -0.540. The van der Waals surface area contributed by atoms with Crippen LogP contribution < -0.4 is 5.32 Å². The van der Waals surface area contributed by atoms with Crippen molar-refractivity contribution in [2.24, 2.45) is 0 Å². The standard InChI is InChI=1S/C14H20FNS/c1-10(12-6-3-4-7-13(12)15)16-14-8-5-9-17-11(14)2/h3-4,6-7,10-11,14,16H,5,8-9H2,1-2H3. The summed E-state index contributed by atoms with van der Waals surface area (Å²) < 4.78 is 13.6. The Balaban J connectivity index is 2.01. The Morgan fingerprint density at radius 3 is 2.88 bits per heavy atom. The molecule has 0 amide bonds. The van der Waals surface area contributed by atoms with Crippen LogP contribution in [0, 0.1) is 5.82 Å². The summed E-state index contributed by atoms with van der Waals surface area (Å²) in [5.41, 5.74) is 0.773. The Bertz CT molecular complexity index is 369. The molecule has 1 saturated heterocycles. The molecule has 3 unspecified atom stereocenters. The minimum absolute atomic E-state index is 0.0855. The van der Waals surface area contributed by atoms with Crippen LogP contribution in [0.1, 0.15) is 38.3 Å². The third-order valence-corrected chi connectivity index (χ3v) is 4.82. The molecule has 1 aliphatic rings. The van der Waals surface area contributed by atoms with Crippen molar-refractivity contribution in [1.82, 2.24) is 5.32 Å². The van der Waals surface area contributed by atoms with E-state index in [1.165, 1.54) is 24.7 Å². The number of benzene rings is 1. The second kappa shape index (κ2) is 5.87. The van der Waals surface area contributed by atoms with E-state index >= 15 is 0 Å². The zero-order chi connectivity index (χ0) is 12.3. The molecule has 1 fully saturated rings. The van der Waals surface area contributed by atoms with Gasteiger partial charge in [-0.1, -0.05) is 25.1 Å². The first-order valence-electron chi connectivity index (χ1n) is 6.30. The van der Waals surface area contributed by atoms with Gasteiger partial charge in [-0.15, -0.1) is 0 Å². The van der Waals surface area contributed by atoms with Gasteiger partial charge in [-0.3, -0.25) is 0 Å². The second-order valence-corrected chi connectivity index (χ2v) is 6.22.